The van der Waals surface area contributed by atoms with Gasteiger partial charge < -0.3 is 15.4 Å². The number of aromatic nitrogens is 2. The van der Waals surface area contributed by atoms with Crippen LogP contribution in [0.25, 0.3) is 0 Å². The molecule has 2 heterocycles. The van der Waals surface area contributed by atoms with E-state index in [0.29, 0.717) is 17.3 Å². The van der Waals surface area contributed by atoms with Gasteiger partial charge >= 0.3 is 0 Å². The number of halogens is 2. The summed E-state index contributed by atoms with van der Waals surface area (Å²) >= 11 is 0. The highest BCUT2D eigenvalue weighted by Crippen LogP contribution is 2.22. The molecule has 1 aromatic carbocycles. The number of nitrogens with zero attached hydrogens (tertiary/aromatic N) is 2. The zero-order valence-corrected chi connectivity index (χ0v) is 13.9. The molecule has 1 amide bonds. The number of hydrogen-bond donors (Lipinski definition) is 2. The zero-order chi connectivity index (χ0) is 14.5. The van der Waals surface area contributed by atoms with Gasteiger partial charge in [-0.1, -0.05) is 6.07 Å². The van der Waals surface area contributed by atoms with Crippen LogP contribution >= 0.6 is 24.8 Å². The first-order chi connectivity index (χ1) is 10.3. The van der Waals surface area contributed by atoms with Crippen molar-refractivity contribution in [3.63, 3.8) is 0 Å². The summed E-state index contributed by atoms with van der Waals surface area (Å²) in [5, 5.41) is 13.7. The van der Waals surface area contributed by atoms with Crippen molar-refractivity contribution < 1.29 is 9.53 Å². The van der Waals surface area contributed by atoms with E-state index in [1.807, 2.05) is 12.1 Å². The quantitative estimate of drug-likeness (QED) is 0.880. The zero-order valence-electron chi connectivity index (χ0n) is 12.3. The molecule has 3 rings (SSSR count). The van der Waals surface area contributed by atoms with Crippen LogP contribution in [0, 0.1) is 0 Å². The first-order valence-corrected chi connectivity index (χ1v) is 6.91. The van der Waals surface area contributed by atoms with Crippen molar-refractivity contribution >= 4 is 36.4 Å². The lowest BCUT2D eigenvalue weighted by Gasteiger charge is -2.12. The van der Waals surface area contributed by atoms with E-state index in [4.69, 9.17) is 4.74 Å². The lowest BCUT2D eigenvalue weighted by molar-refractivity contribution is -0.117. The van der Waals surface area contributed by atoms with Gasteiger partial charge in [-0.05, 0) is 37.6 Å². The summed E-state index contributed by atoms with van der Waals surface area (Å²) in [5.74, 6) is 1.01. The van der Waals surface area contributed by atoms with Gasteiger partial charge in [-0.2, -0.15) is 5.10 Å². The molecule has 23 heavy (non-hydrogen) atoms. The van der Waals surface area contributed by atoms with Gasteiger partial charge in [-0.15, -0.1) is 29.9 Å². The molecular weight excluding hydrogens is 339 g/mol. The monoisotopic (exact) mass is 356 g/mol. The second-order valence-corrected chi connectivity index (χ2v) is 4.83. The Morgan fingerprint density at radius 2 is 2.13 bits per heavy atom. The smallest absolute Gasteiger partial charge is 0.241 e. The van der Waals surface area contributed by atoms with Gasteiger partial charge in [-0.3, -0.25) is 4.79 Å². The highest BCUT2D eigenvalue weighted by Gasteiger charge is 2.21. The van der Waals surface area contributed by atoms with Gasteiger partial charge in [0, 0.05) is 24.0 Å². The van der Waals surface area contributed by atoms with Crippen molar-refractivity contribution in [3.8, 4) is 11.6 Å². The van der Waals surface area contributed by atoms with E-state index in [2.05, 4.69) is 20.8 Å². The van der Waals surface area contributed by atoms with Crippen LogP contribution in [0.2, 0.25) is 0 Å². The van der Waals surface area contributed by atoms with Crippen LogP contribution in [-0.4, -0.2) is 28.7 Å². The first kappa shape index (κ1) is 19.2. The molecule has 124 valence electrons. The summed E-state index contributed by atoms with van der Waals surface area (Å²) in [4.78, 5) is 12.0. The van der Waals surface area contributed by atoms with Gasteiger partial charge in [0.15, 0.2) is 0 Å². The van der Waals surface area contributed by atoms with Crippen molar-refractivity contribution in [1.82, 2.24) is 15.5 Å². The molecule has 1 saturated heterocycles. The number of benzene rings is 1. The fraction of sp³-hybridized carbons (Fsp3) is 0.267. The van der Waals surface area contributed by atoms with E-state index < -0.39 is 0 Å². The average molecular weight is 357 g/mol. The molecule has 1 unspecified atom stereocenters. The van der Waals surface area contributed by atoms with Gasteiger partial charge in [0.1, 0.15) is 5.75 Å². The Morgan fingerprint density at radius 3 is 2.83 bits per heavy atom. The van der Waals surface area contributed by atoms with E-state index in [9.17, 15) is 4.79 Å². The Bertz CT molecular complexity index is 622. The Kier molecular flexibility index (Phi) is 7.74. The number of anilines is 1. The first-order valence-electron chi connectivity index (χ1n) is 6.91. The topological polar surface area (TPSA) is 76.1 Å². The number of carbonyl (C=O) groups is 1. The highest BCUT2D eigenvalue weighted by molar-refractivity contribution is 5.95. The third-order valence-corrected chi connectivity index (χ3v) is 3.25. The van der Waals surface area contributed by atoms with E-state index >= 15 is 0 Å². The highest BCUT2D eigenvalue weighted by atomic mass is 35.5. The molecular formula is C15H18Cl2N4O2. The Hall–Kier alpha value is -1.89. The average Bonchev–Trinajstić information content (AvgIpc) is 3.03. The third-order valence-electron chi connectivity index (χ3n) is 3.25. The van der Waals surface area contributed by atoms with Gasteiger partial charge in [0.05, 0.1) is 6.04 Å². The van der Waals surface area contributed by atoms with Gasteiger partial charge in [0.2, 0.25) is 11.8 Å². The summed E-state index contributed by atoms with van der Waals surface area (Å²) in [5.41, 5.74) is 0.704. The van der Waals surface area contributed by atoms with Crippen molar-refractivity contribution in [3.05, 3.63) is 42.6 Å². The Balaban J connectivity index is 0.00000132. The molecule has 0 saturated carbocycles. The molecule has 0 spiro atoms. The second-order valence-electron chi connectivity index (χ2n) is 4.83. The molecule has 2 N–H and O–H groups in total. The molecule has 1 aliphatic rings. The molecule has 1 fully saturated rings. The maximum Gasteiger partial charge on any atom is 0.241 e. The second kappa shape index (κ2) is 9.29. The SMILES string of the molecule is Cl.Cl.O=C(Nc1cccc(Oc2cccnn2)c1)C1CCCN1. The van der Waals surface area contributed by atoms with Gasteiger partial charge in [-0.25, -0.2) is 0 Å². The molecule has 1 aromatic heterocycles. The largest absolute Gasteiger partial charge is 0.437 e. The molecule has 0 radical (unpaired) electrons. The van der Waals surface area contributed by atoms with Crippen molar-refractivity contribution in [2.75, 3.05) is 11.9 Å². The van der Waals surface area contributed by atoms with E-state index in [-0.39, 0.29) is 36.8 Å². The fourth-order valence-electron chi connectivity index (χ4n) is 2.24. The summed E-state index contributed by atoms with van der Waals surface area (Å²) in [7, 11) is 0. The predicted molar refractivity (Wildman–Crippen MR) is 92.7 cm³/mol. The fourth-order valence-corrected chi connectivity index (χ4v) is 2.24. The minimum Gasteiger partial charge on any atom is -0.437 e. The molecule has 2 aromatic rings. The number of carbonyl (C=O) groups excluding carboxylic acids is 1. The van der Waals surface area contributed by atoms with Crippen LogP contribution < -0.4 is 15.4 Å². The number of rotatable bonds is 4. The maximum absolute atomic E-state index is 12.0. The summed E-state index contributed by atoms with van der Waals surface area (Å²) < 4.78 is 5.59. The lowest BCUT2D eigenvalue weighted by Crippen LogP contribution is -2.35. The van der Waals surface area contributed by atoms with Crippen LogP contribution in [0.3, 0.4) is 0 Å². The minimum atomic E-state index is -0.102. The van der Waals surface area contributed by atoms with Crippen LogP contribution in [0.15, 0.2) is 42.6 Å². The van der Waals surface area contributed by atoms with Crippen molar-refractivity contribution in [1.29, 1.82) is 0 Å². The van der Waals surface area contributed by atoms with E-state index in [0.717, 1.165) is 19.4 Å². The number of nitrogens with one attached hydrogen (secondary N) is 2. The standard InChI is InChI=1S/C15H16N4O2.2ClH/c20-15(13-6-2-8-16-13)18-11-4-1-5-12(10-11)21-14-7-3-9-17-19-14;;/h1,3-5,7,9-10,13,16H,2,6,8H2,(H,18,20);2*1H. The predicted octanol–water partition coefficient (Wildman–Crippen LogP) is 2.80. The Morgan fingerprint density at radius 1 is 1.26 bits per heavy atom. The van der Waals surface area contributed by atoms with E-state index in [1.54, 1.807) is 30.5 Å². The molecule has 1 atom stereocenters. The summed E-state index contributed by atoms with van der Waals surface area (Å²) in [6.45, 7) is 0.897. The normalized spacial score (nSPS) is 15.9. The molecule has 0 bridgehead atoms. The summed E-state index contributed by atoms with van der Waals surface area (Å²) in [6.07, 6.45) is 3.49. The third kappa shape index (κ3) is 5.35. The van der Waals surface area contributed by atoms with Crippen LogP contribution in [-0.2, 0) is 4.79 Å². The minimum absolute atomic E-state index is 0. The van der Waals surface area contributed by atoms with Crippen molar-refractivity contribution in [2.45, 2.75) is 18.9 Å². The number of amides is 1. The molecule has 0 aliphatic carbocycles. The number of hydrogen-bond acceptors (Lipinski definition) is 5. The van der Waals surface area contributed by atoms with Crippen LogP contribution in [0.5, 0.6) is 11.6 Å². The van der Waals surface area contributed by atoms with Crippen LogP contribution in [0.4, 0.5) is 5.69 Å². The van der Waals surface area contributed by atoms with Crippen LogP contribution in [0.1, 0.15) is 12.8 Å². The molecule has 8 heteroatoms. The van der Waals surface area contributed by atoms with E-state index in [1.165, 1.54) is 0 Å². The molecule has 1 aliphatic heterocycles. The molecule has 6 nitrogen and oxygen atoms in total. The maximum atomic E-state index is 12.0. The van der Waals surface area contributed by atoms with Crippen molar-refractivity contribution in [2.24, 2.45) is 0 Å². The van der Waals surface area contributed by atoms with Gasteiger partial charge in [0.25, 0.3) is 0 Å². The summed E-state index contributed by atoms with van der Waals surface area (Å²) in [6, 6.07) is 10.6. The lowest BCUT2D eigenvalue weighted by atomic mass is 10.2. The number of ether oxygens (including phenoxy) is 1. The Labute approximate surface area is 146 Å².